The molecule has 2 fully saturated rings. The summed E-state index contributed by atoms with van der Waals surface area (Å²) < 4.78 is 35.1. The first-order valence-electron chi connectivity index (χ1n) is 10.3. The van der Waals surface area contributed by atoms with Crippen LogP contribution in [0, 0.1) is 5.92 Å². The van der Waals surface area contributed by atoms with E-state index in [1.807, 2.05) is 6.07 Å². The predicted octanol–water partition coefficient (Wildman–Crippen LogP) is 1.98. The van der Waals surface area contributed by atoms with E-state index in [0.717, 1.165) is 19.3 Å². The molecule has 2 aromatic rings. The number of sulfonamides is 1. The van der Waals surface area contributed by atoms with Gasteiger partial charge in [0.15, 0.2) is 5.03 Å². The Kier molecular flexibility index (Phi) is 6.06. The van der Waals surface area contributed by atoms with Gasteiger partial charge in [0.25, 0.3) is 10.0 Å². The van der Waals surface area contributed by atoms with Crippen LogP contribution in [0.2, 0.25) is 0 Å². The number of methoxy groups -OCH3 is 1. The molecule has 1 aromatic carbocycles. The van der Waals surface area contributed by atoms with E-state index in [0.29, 0.717) is 37.6 Å². The first-order chi connectivity index (χ1) is 14.0. The minimum Gasteiger partial charge on any atom is -0.384 e. The topological polar surface area (TPSA) is 76.5 Å². The molecule has 1 saturated carbocycles. The van der Waals surface area contributed by atoms with Gasteiger partial charge in [-0.05, 0) is 36.8 Å². The van der Waals surface area contributed by atoms with Gasteiger partial charge < -0.3 is 10.1 Å². The van der Waals surface area contributed by atoms with Gasteiger partial charge in [-0.3, -0.25) is 4.68 Å². The van der Waals surface area contributed by atoms with Crippen molar-refractivity contribution in [2.75, 3.05) is 26.8 Å². The number of aromatic nitrogens is 2. The average molecular weight is 419 g/mol. The summed E-state index contributed by atoms with van der Waals surface area (Å²) in [6.07, 6.45) is 4.26. The lowest BCUT2D eigenvalue weighted by Crippen LogP contribution is -2.51. The van der Waals surface area contributed by atoms with Crippen molar-refractivity contribution in [3.05, 3.63) is 48.2 Å². The molecule has 2 aliphatic rings. The zero-order chi connectivity index (χ0) is 20.4. The van der Waals surface area contributed by atoms with Crippen molar-refractivity contribution in [2.24, 2.45) is 13.0 Å². The molecule has 0 amide bonds. The van der Waals surface area contributed by atoms with Gasteiger partial charge in [0, 0.05) is 51.9 Å². The van der Waals surface area contributed by atoms with Crippen molar-refractivity contribution in [3.8, 4) is 0 Å². The van der Waals surface area contributed by atoms with Gasteiger partial charge in [-0.1, -0.05) is 30.3 Å². The zero-order valence-corrected chi connectivity index (χ0v) is 17.9. The van der Waals surface area contributed by atoms with E-state index in [4.69, 9.17) is 4.74 Å². The number of aryl methyl sites for hydroxylation is 1. The second-order valence-electron chi connectivity index (χ2n) is 8.18. The number of piperidine rings is 1. The summed E-state index contributed by atoms with van der Waals surface area (Å²) in [5.74, 6) is 0.908. The third-order valence-electron chi connectivity index (χ3n) is 6.16. The van der Waals surface area contributed by atoms with Gasteiger partial charge in [-0.15, -0.1) is 0 Å². The van der Waals surface area contributed by atoms with Gasteiger partial charge in [0.2, 0.25) is 0 Å². The molecule has 1 N–H and O–H groups in total. The molecule has 0 radical (unpaired) electrons. The minimum absolute atomic E-state index is 0.0826. The minimum atomic E-state index is -3.58. The standard InChI is InChI=1S/C21H30N4O3S/c1-24-21(8-10-23-24)29(26,27)25-11-9-16(15-28-2)12-18(25)14-22-20-13-19(20)17-6-4-3-5-7-17/h3-8,10,16,18-20,22H,9,11-15H2,1-2H3/t16?,18?,19-,20+/m0/s1. The lowest BCUT2D eigenvalue weighted by molar-refractivity contribution is 0.0982. The molecule has 1 saturated heterocycles. The Hall–Kier alpha value is -1.74. The van der Waals surface area contributed by atoms with E-state index >= 15 is 0 Å². The first-order valence-corrected chi connectivity index (χ1v) is 11.7. The highest BCUT2D eigenvalue weighted by atomic mass is 32.2. The average Bonchev–Trinajstić information content (AvgIpc) is 3.37. The zero-order valence-electron chi connectivity index (χ0n) is 17.1. The van der Waals surface area contributed by atoms with Crippen LogP contribution in [-0.2, 0) is 21.8 Å². The largest absolute Gasteiger partial charge is 0.384 e. The van der Waals surface area contributed by atoms with Crippen LogP contribution in [0.5, 0.6) is 0 Å². The number of benzene rings is 1. The van der Waals surface area contributed by atoms with E-state index in [2.05, 4.69) is 34.7 Å². The third kappa shape index (κ3) is 4.40. The van der Waals surface area contributed by atoms with Crippen molar-refractivity contribution in [2.45, 2.75) is 42.3 Å². The number of hydrogen-bond donors (Lipinski definition) is 1. The molecule has 2 unspecified atom stereocenters. The monoisotopic (exact) mass is 418 g/mol. The summed E-state index contributed by atoms with van der Waals surface area (Å²) >= 11 is 0. The van der Waals surface area contributed by atoms with Crippen LogP contribution >= 0.6 is 0 Å². The van der Waals surface area contributed by atoms with Gasteiger partial charge in [0.05, 0.1) is 6.20 Å². The maximum atomic E-state index is 13.3. The van der Waals surface area contributed by atoms with Crippen LogP contribution < -0.4 is 5.32 Å². The van der Waals surface area contributed by atoms with E-state index in [1.54, 1.807) is 24.5 Å². The fourth-order valence-electron chi connectivity index (χ4n) is 4.51. The summed E-state index contributed by atoms with van der Waals surface area (Å²) in [7, 11) is -0.195. The van der Waals surface area contributed by atoms with Gasteiger partial charge in [0.1, 0.15) is 0 Å². The summed E-state index contributed by atoms with van der Waals surface area (Å²) in [5.41, 5.74) is 1.35. The van der Waals surface area contributed by atoms with Crippen molar-refractivity contribution in [1.82, 2.24) is 19.4 Å². The Morgan fingerprint density at radius 2 is 2.00 bits per heavy atom. The summed E-state index contributed by atoms with van der Waals surface area (Å²) in [6.45, 7) is 1.85. The molecule has 4 atom stereocenters. The van der Waals surface area contributed by atoms with E-state index in [-0.39, 0.29) is 11.1 Å². The maximum absolute atomic E-state index is 13.3. The molecule has 1 aliphatic heterocycles. The highest BCUT2D eigenvalue weighted by Gasteiger charge is 2.41. The van der Waals surface area contributed by atoms with Crippen molar-refractivity contribution >= 4 is 10.0 Å². The number of ether oxygens (including phenoxy) is 1. The number of hydrogen-bond acceptors (Lipinski definition) is 5. The molecule has 8 heteroatoms. The number of nitrogens with one attached hydrogen (secondary N) is 1. The Labute approximate surface area is 173 Å². The van der Waals surface area contributed by atoms with Crippen LogP contribution in [0.4, 0.5) is 0 Å². The highest BCUT2D eigenvalue weighted by Crippen LogP contribution is 2.41. The Morgan fingerprint density at radius 1 is 1.21 bits per heavy atom. The first kappa shape index (κ1) is 20.5. The molecule has 29 heavy (non-hydrogen) atoms. The van der Waals surface area contributed by atoms with E-state index in [1.165, 1.54) is 16.4 Å². The second-order valence-corrected chi connectivity index (χ2v) is 10.0. The molecule has 4 rings (SSSR count). The lowest BCUT2D eigenvalue weighted by Gasteiger charge is -2.38. The van der Waals surface area contributed by atoms with Gasteiger partial charge in [-0.2, -0.15) is 9.40 Å². The highest BCUT2D eigenvalue weighted by molar-refractivity contribution is 7.89. The lowest BCUT2D eigenvalue weighted by atomic mass is 9.93. The Bertz CT molecular complexity index is 915. The summed E-state index contributed by atoms with van der Waals surface area (Å²) in [6, 6.07) is 12.4. The molecule has 7 nitrogen and oxygen atoms in total. The SMILES string of the molecule is COCC1CCN(S(=O)(=O)c2ccnn2C)C(CN[C@@H]2C[C@H]2c2ccccc2)C1. The molecule has 1 aliphatic carbocycles. The van der Waals surface area contributed by atoms with Gasteiger partial charge in [-0.25, -0.2) is 8.42 Å². The normalized spacial score (nSPS) is 27.8. The molecule has 1 aromatic heterocycles. The molecule has 2 heterocycles. The third-order valence-corrected chi connectivity index (χ3v) is 8.18. The van der Waals surface area contributed by atoms with Crippen LogP contribution in [0.15, 0.2) is 47.6 Å². The van der Waals surface area contributed by atoms with Crippen molar-refractivity contribution < 1.29 is 13.2 Å². The second kappa shape index (κ2) is 8.55. The van der Waals surface area contributed by atoms with E-state index in [9.17, 15) is 8.42 Å². The van der Waals surface area contributed by atoms with Crippen molar-refractivity contribution in [1.29, 1.82) is 0 Å². The van der Waals surface area contributed by atoms with Gasteiger partial charge >= 0.3 is 0 Å². The smallest absolute Gasteiger partial charge is 0.260 e. The Balaban J connectivity index is 1.46. The van der Waals surface area contributed by atoms with Crippen LogP contribution in [0.3, 0.4) is 0 Å². The van der Waals surface area contributed by atoms with E-state index < -0.39 is 10.0 Å². The van der Waals surface area contributed by atoms with Crippen LogP contribution in [0.1, 0.15) is 30.7 Å². The molecular formula is C21H30N4O3S. The molecule has 158 valence electrons. The van der Waals surface area contributed by atoms with Crippen LogP contribution in [0.25, 0.3) is 0 Å². The fourth-order valence-corrected chi connectivity index (χ4v) is 6.27. The maximum Gasteiger partial charge on any atom is 0.260 e. The predicted molar refractivity (Wildman–Crippen MR) is 111 cm³/mol. The van der Waals surface area contributed by atoms with Crippen molar-refractivity contribution in [3.63, 3.8) is 0 Å². The quantitative estimate of drug-likeness (QED) is 0.709. The fraction of sp³-hybridized carbons (Fsp3) is 0.571. The molecule has 0 spiro atoms. The Morgan fingerprint density at radius 3 is 2.69 bits per heavy atom. The molecular weight excluding hydrogens is 388 g/mol. The molecule has 0 bridgehead atoms. The van der Waals surface area contributed by atoms with Crippen LogP contribution in [-0.4, -0.2) is 61.4 Å². The number of nitrogens with zero attached hydrogens (tertiary/aromatic N) is 3. The summed E-state index contributed by atoms with van der Waals surface area (Å²) in [4.78, 5) is 0. The summed E-state index contributed by atoms with van der Waals surface area (Å²) in [5, 5.41) is 7.93. The number of rotatable bonds is 8.